The van der Waals surface area contributed by atoms with Crippen molar-refractivity contribution < 1.29 is 5.11 Å². The fourth-order valence-corrected chi connectivity index (χ4v) is 4.28. The second-order valence-corrected chi connectivity index (χ2v) is 6.99. The molecule has 1 aliphatic rings. The summed E-state index contributed by atoms with van der Waals surface area (Å²) in [5.41, 5.74) is 0. The Kier molecular flexibility index (Phi) is 5.51. The molecule has 1 fully saturated rings. The molecule has 1 saturated carbocycles. The molecule has 0 saturated heterocycles. The van der Waals surface area contributed by atoms with Gasteiger partial charge in [-0.2, -0.15) is 0 Å². The standard InChI is InChI=1S/C14H21BrOS/c15-13-8-9-17-14(13)10-12(16)7-6-11-4-2-1-3-5-11/h8-9,11-12,16H,1-7,10H2. The highest BCUT2D eigenvalue weighted by Gasteiger charge is 2.16. The van der Waals surface area contributed by atoms with E-state index in [4.69, 9.17) is 0 Å². The highest BCUT2D eigenvalue weighted by atomic mass is 79.9. The monoisotopic (exact) mass is 316 g/mol. The van der Waals surface area contributed by atoms with Crippen LogP contribution in [0.15, 0.2) is 15.9 Å². The summed E-state index contributed by atoms with van der Waals surface area (Å²) in [6.45, 7) is 0. The van der Waals surface area contributed by atoms with Gasteiger partial charge in [0.25, 0.3) is 0 Å². The van der Waals surface area contributed by atoms with Crippen molar-refractivity contribution in [2.45, 2.75) is 57.5 Å². The molecule has 1 aliphatic carbocycles. The third kappa shape index (κ3) is 4.38. The van der Waals surface area contributed by atoms with E-state index in [1.165, 1.54) is 43.4 Å². The van der Waals surface area contributed by atoms with E-state index in [1.54, 1.807) is 11.3 Å². The number of hydrogen-bond donors (Lipinski definition) is 1. The van der Waals surface area contributed by atoms with Gasteiger partial charge in [0.15, 0.2) is 0 Å². The summed E-state index contributed by atoms with van der Waals surface area (Å²) in [4.78, 5) is 1.28. The Morgan fingerprint density at radius 3 is 2.76 bits per heavy atom. The van der Waals surface area contributed by atoms with E-state index in [9.17, 15) is 5.11 Å². The first-order valence-electron chi connectivity index (χ1n) is 6.65. The Bertz CT molecular complexity index is 331. The predicted octanol–water partition coefficient (Wildman–Crippen LogP) is 4.77. The third-order valence-electron chi connectivity index (χ3n) is 3.74. The minimum atomic E-state index is -0.160. The molecule has 1 aromatic heterocycles. The molecule has 17 heavy (non-hydrogen) atoms. The van der Waals surface area contributed by atoms with E-state index in [0.29, 0.717) is 0 Å². The number of aliphatic hydroxyl groups is 1. The average Bonchev–Trinajstić information content (AvgIpc) is 2.74. The number of aliphatic hydroxyl groups excluding tert-OH is 1. The first kappa shape index (κ1) is 13.6. The lowest BCUT2D eigenvalue weighted by Crippen LogP contribution is -2.14. The largest absolute Gasteiger partial charge is 0.393 e. The fourth-order valence-electron chi connectivity index (χ4n) is 2.69. The molecule has 1 heterocycles. The van der Waals surface area contributed by atoms with E-state index in [2.05, 4.69) is 27.4 Å². The Morgan fingerprint density at radius 2 is 2.12 bits per heavy atom. The van der Waals surface area contributed by atoms with E-state index in [1.807, 2.05) is 0 Å². The zero-order valence-electron chi connectivity index (χ0n) is 10.2. The molecule has 0 bridgehead atoms. The highest BCUT2D eigenvalue weighted by molar-refractivity contribution is 9.10. The molecule has 0 aliphatic heterocycles. The summed E-state index contributed by atoms with van der Waals surface area (Å²) < 4.78 is 1.15. The van der Waals surface area contributed by atoms with Gasteiger partial charge in [0.2, 0.25) is 0 Å². The van der Waals surface area contributed by atoms with Crippen molar-refractivity contribution in [3.05, 3.63) is 20.8 Å². The first-order valence-corrected chi connectivity index (χ1v) is 8.33. The summed E-state index contributed by atoms with van der Waals surface area (Å²) >= 11 is 5.25. The average molecular weight is 317 g/mol. The van der Waals surface area contributed by atoms with E-state index >= 15 is 0 Å². The van der Waals surface area contributed by atoms with Gasteiger partial charge in [-0.1, -0.05) is 32.1 Å². The normalized spacial score (nSPS) is 19.4. The Balaban J connectivity index is 1.70. The molecule has 1 unspecified atom stereocenters. The van der Waals surface area contributed by atoms with Gasteiger partial charge >= 0.3 is 0 Å². The van der Waals surface area contributed by atoms with Crippen molar-refractivity contribution in [1.29, 1.82) is 0 Å². The molecule has 0 aromatic carbocycles. The topological polar surface area (TPSA) is 20.2 Å². The lowest BCUT2D eigenvalue weighted by atomic mass is 9.85. The fraction of sp³-hybridized carbons (Fsp3) is 0.714. The van der Waals surface area contributed by atoms with Gasteiger partial charge in [-0.25, -0.2) is 0 Å². The van der Waals surface area contributed by atoms with Crippen LogP contribution in [-0.2, 0) is 6.42 Å². The number of hydrogen-bond acceptors (Lipinski definition) is 2. The maximum Gasteiger partial charge on any atom is 0.0589 e. The summed E-state index contributed by atoms with van der Waals surface area (Å²) in [6.07, 6.45) is 9.82. The molecule has 3 heteroatoms. The minimum absolute atomic E-state index is 0.160. The number of thiophene rings is 1. The first-order chi connectivity index (χ1) is 8.25. The van der Waals surface area contributed by atoms with Gasteiger partial charge in [-0.15, -0.1) is 11.3 Å². The van der Waals surface area contributed by atoms with Crippen molar-refractivity contribution in [3.63, 3.8) is 0 Å². The van der Waals surface area contributed by atoms with Gasteiger partial charge in [-0.3, -0.25) is 0 Å². The van der Waals surface area contributed by atoms with E-state index < -0.39 is 0 Å². The van der Waals surface area contributed by atoms with E-state index in [-0.39, 0.29) is 6.10 Å². The highest BCUT2D eigenvalue weighted by Crippen LogP contribution is 2.29. The Morgan fingerprint density at radius 1 is 1.35 bits per heavy atom. The molecule has 1 nitrogen and oxygen atoms in total. The Labute approximate surface area is 116 Å². The van der Waals surface area contributed by atoms with Gasteiger partial charge in [0.05, 0.1) is 6.10 Å². The summed E-state index contributed by atoms with van der Waals surface area (Å²) in [5.74, 6) is 0.880. The predicted molar refractivity (Wildman–Crippen MR) is 77.5 cm³/mol. The number of halogens is 1. The lowest BCUT2D eigenvalue weighted by molar-refractivity contribution is 0.150. The van der Waals surface area contributed by atoms with Crippen LogP contribution in [0.1, 0.15) is 49.8 Å². The minimum Gasteiger partial charge on any atom is -0.393 e. The SMILES string of the molecule is OC(CCC1CCCCC1)Cc1sccc1Br. The molecule has 0 spiro atoms. The maximum absolute atomic E-state index is 10.1. The van der Waals surface area contributed by atoms with Gasteiger partial charge in [-0.05, 0) is 46.1 Å². The summed E-state index contributed by atoms with van der Waals surface area (Å²) in [5, 5.41) is 12.1. The van der Waals surface area contributed by atoms with Crippen molar-refractivity contribution in [3.8, 4) is 0 Å². The van der Waals surface area contributed by atoms with Crippen LogP contribution in [-0.4, -0.2) is 11.2 Å². The molecule has 1 N–H and O–H groups in total. The van der Waals surface area contributed by atoms with Crippen LogP contribution in [0.25, 0.3) is 0 Å². The molecular weight excluding hydrogens is 296 g/mol. The summed E-state index contributed by atoms with van der Waals surface area (Å²) in [6, 6.07) is 2.06. The molecule has 96 valence electrons. The van der Waals surface area contributed by atoms with E-state index in [0.717, 1.165) is 23.2 Å². The maximum atomic E-state index is 10.1. The van der Waals surface area contributed by atoms with Gasteiger partial charge < -0.3 is 5.11 Å². The van der Waals surface area contributed by atoms with Crippen LogP contribution >= 0.6 is 27.3 Å². The molecule has 1 atom stereocenters. The number of rotatable bonds is 5. The summed E-state index contributed by atoms with van der Waals surface area (Å²) in [7, 11) is 0. The second-order valence-electron chi connectivity index (χ2n) is 5.13. The van der Waals surface area contributed by atoms with Crippen LogP contribution in [0.5, 0.6) is 0 Å². The van der Waals surface area contributed by atoms with Crippen molar-refractivity contribution in [2.75, 3.05) is 0 Å². The van der Waals surface area contributed by atoms with Crippen LogP contribution in [0.3, 0.4) is 0 Å². The lowest BCUT2D eigenvalue weighted by Gasteiger charge is -2.22. The molecule has 1 aromatic rings. The molecular formula is C14H21BrOS. The molecule has 0 amide bonds. The van der Waals surface area contributed by atoms with Crippen LogP contribution < -0.4 is 0 Å². The van der Waals surface area contributed by atoms with Gasteiger partial charge in [0.1, 0.15) is 0 Å². The zero-order chi connectivity index (χ0) is 12.1. The second kappa shape index (κ2) is 6.91. The quantitative estimate of drug-likeness (QED) is 0.829. The molecule has 0 radical (unpaired) electrons. The van der Waals surface area contributed by atoms with Crippen molar-refractivity contribution in [1.82, 2.24) is 0 Å². The smallest absolute Gasteiger partial charge is 0.0589 e. The van der Waals surface area contributed by atoms with Crippen LogP contribution in [0.4, 0.5) is 0 Å². The molecule has 2 rings (SSSR count). The zero-order valence-corrected chi connectivity index (χ0v) is 12.6. The van der Waals surface area contributed by atoms with Crippen molar-refractivity contribution >= 4 is 27.3 Å². The van der Waals surface area contributed by atoms with Crippen molar-refractivity contribution in [2.24, 2.45) is 5.92 Å². The van der Waals surface area contributed by atoms with Gasteiger partial charge in [0, 0.05) is 15.8 Å². The van der Waals surface area contributed by atoms with Crippen LogP contribution in [0.2, 0.25) is 0 Å². The Hall–Kier alpha value is 0.140. The third-order valence-corrected chi connectivity index (χ3v) is 5.69. The van der Waals surface area contributed by atoms with Crippen LogP contribution in [0, 0.1) is 5.92 Å².